The molecular weight excluding hydrogens is 212 g/mol. The van der Waals surface area contributed by atoms with Crippen LogP contribution in [0.4, 0.5) is 0 Å². The topological polar surface area (TPSA) is 55.1 Å². The Morgan fingerprint density at radius 2 is 1.88 bits per heavy atom. The van der Waals surface area contributed by atoms with E-state index in [1.54, 1.807) is 0 Å². The van der Waals surface area contributed by atoms with Gasteiger partial charge in [-0.2, -0.15) is 0 Å². The lowest BCUT2D eigenvalue weighted by molar-refractivity contribution is -0.122. The van der Waals surface area contributed by atoms with Crippen LogP contribution in [0.1, 0.15) is 66.2 Å². The summed E-state index contributed by atoms with van der Waals surface area (Å²) in [6.45, 7) is 9.23. The highest BCUT2D eigenvalue weighted by Gasteiger charge is 2.25. The van der Waals surface area contributed by atoms with E-state index in [2.05, 4.69) is 33.0 Å². The Bertz CT molecular complexity index is 209. The van der Waals surface area contributed by atoms with Crippen LogP contribution in [-0.2, 0) is 4.79 Å². The normalized spacial score (nSPS) is 13.5. The fourth-order valence-corrected chi connectivity index (χ4v) is 1.87. The van der Waals surface area contributed by atoms with Crippen molar-refractivity contribution in [3.05, 3.63) is 0 Å². The molecule has 102 valence electrons. The third-order valence-corrected chi connectivity index (χ3v) is 3.09. The SMILES string of the molecule is CCCCCCC(=O)NC(CCN)C(C)(C)C. The molecule has 0 aliphatic rings. The molecule has 0 aromatic heterocycles. The molecule has 0 heterocycles. The highest BCUT2D eigenvalue weighted by Crippen LogP contribution is 2.21. The molecule has 0 aliphatic carbocycles. The predicted molar refractivity (Wildman–Crippen MR) is 73.8 cm³/mol. The van der Waals surface area contributed by atoms with Gasteiger partial charge in [0.1, 0.15) is 0 Å². The zero-order valence-corrected chi connectivity index (χ0v) is 12.0. The van der Waals surface area contributed by atoms with Gasteiger partial charge in [0.2, 0.25) is 5.91 Å². The summed E-state index contributed by atoms with van der Waals surface area (Å²) >= 11 is 0. The van der Waals surface area contributed by atoms with Crippen LogP contribution in [0.3, 0.4) is 0 Å². The van der Waals surface area contributed by atoms with Crippen molar-refractivity contribution in [2.24, 2.45) is 11.1 Å². The van der Waals surface area contributed by atoms with Crippen molar-refractivity contribution in [2.45, 2.75) is 72.3 Å². The number of amides is 1. The van der Waals surface area contributed by atoms with Crippen molar-refractivity contribution >= 4 is 5.91 Å². The van der Waals surface area contributed by atoms with Crippen LogP contribution in [0.25, 0.3) is 0 Å². The van der Waals surface area contributed by atoms with E-state index in [-0.39, 0.29) is 17.4 Å². The fourth-order valence-electron chi connectivity index (χ4n) is 1.87. The molecule has 0 aromatic rings. The second-order valence-corrected chi connectivity index (χ2v) is 5.87. The molecule has 0 fully saturated rings. The van der Waals surface area contributed by atoms with Gasteiger partial charge in [-0.05, 0) is 24.8 Å². The summed E-state index contributed by atoms with van der Waals surface area (Å²) in [7, 11) is 0. The number of hydrogen-bond acceptors (Lipinski definition) is 2. The Morgan fingerprint density at radius 3 is 2.35 bits per heavy atom. The first kappa shape index (κ1) is 16.4. The van der Waals surface area contributed by atoms with Crippen LogP contribution in [-0.4, -0.2) is 18.5 Å². The van der Waals surface area contributed by atoms with E-state index < -0.39 is 0 Å². The maximum atomic E-state index is 11.8. The minimum Gasteiger partial charge on any atom is -0.353 e. The van der Waals surface area contributed by atoms with Crippen LogP contribution in [0, 0.1) is 5.41 Å². The quantitative estimate of drug-likeness (QED) is 0.643. The molecule has 1 unspecified atom stereocenters. The first-order chi connectivity index (χ1) is 7.91. The molecule has 0 rings (SSSR count). The first-order valence-electron chi connectivity index (χ1n) is 6.91. The summed E-state index contributed by atoms with van der Waals surface area (Å²) in [4.78, 5) is 11.8. The zero-order valence-electron chi connectivity index (χ0n) is 12.0. The second kappa shape index (κ2) is 8.51. The maximum Gasteiger partial charge on any atom is 0.220 e. The molecule has 17 heavy (non-hydrogen) atoms. The van der Waals surface area contributed by atoms with Gasteiger partial charge in [0.15, 0.2) is 0 Å². The molecule has 1 atom stereocenters. The molecule has 0 saturated heterocycles. The largest absolute Gasteiger partial charge is 0.353 e. The monoisotopic (exact) mass is 242 g/mol. The molecule has 0 spiro atoms. The van der Waals surface area contributed by atoms with Gasteiger partial charge in [-0.25, -0.2) is 0 Å². The Kier molecular flexibility index (Phi) is 8.23. The minimum absolute atomic E-state index is 0.0818. The van der Waals surface area contributed by atoms with Crippen molar-refractivity contribution in [2.75, 3.05) is 6.54 Å². The molecule has 0 saturated carbocycles. The van der Waals surface area contributed by atoms with Gasteiger partial charge in [0.25, 0.3) is 0 Å². The molecule has 0 aromatic carbocycles. The standard InChI is InChI=1S/C14H30N2O/c1-5-6-7-8-9-13(17)16-12(10-11-15)14(2,3)4/h12H,5-11,15H2,1-4H3,(H,16,17). The van der Waals surface area contributed by atoms with Crippen LogP contribution in [0.15, 0.2) is 0 Å². The number of nitrogens with two attached hydrogens (primary N) is 1. The highest BCUT2D eigenvalue weighted by molar-refractivity contribution is 5.76. The summed E-state index contributed by atoms with van der Waals surface area (Å²) in [5.74, 6) is 0.175. The summed E-state index contributed by atoms with van der Waals surface area (Å²) in [5, 5.41) is 3.12. The van der Waals surface area contributed by atoms with Gasteiger partial charge in [0, 0.05) is 12.5 Å². The van der Waals surface area contributed by atoms with Gasteiger partial charge in [-0.3, -0.25) is 4.79 Å². The molecule has 3 N–H and O–H groups in total. The summed E-state index contributed by atoms with van der Waals surface area (Å²) in [6, 6.07) is 0.186. The summed E-state index contributed by atoms with van der Waals surface area (Å²) in [6.07, 6.45) is 6.08. The number of nitrogens with one attached hydrogen (secondary N) is 1. The summed E-state index contributed by atoms with van der Waals surface area (Å²) in [5.41, 5.74) is 5.67. The van der Waals surface area contributed by atoms with E-state index in [4.69, 9.17) is 5.73 Å². The van der Waals surface area contributed by atoms with Crippen LogP contribution in [0.5, 0.6) is 0 Å². The molecule has 3 heteroatoms. The highest BCUT2D eigenvalue weighted by atomic mass is 16.1. The van der Waals surface area contributed by atoms with Gasteiger partial charge in [0.05, 0.1) is 0 Å². The lowest BCUT2D eigenvalue weighted by Crippen LogP contribution is -2.44. The summed E-state index contributed by atoms with van der Waals surface area (Å²) < 4.78 is 0. The van der Waals surface area contributed by atoms with E-state index in [1.165, 1.54) is 12.8 Å². The van der Waals surface area contributed by atoms with Gasteiger partial charge < -0.3 is 11.1 Å². The third-order valence-electron chi connectivity index (χ3n) is 3.09. The van der Waals surface area contributed by atoms with Crippen LogP contribution < -0.4 is 11.1 Å². The molecule has 1 amide bonds. The van der Waals surface area contributed by atoms with Crippen molar-refractivity contribution < 1.29 is 4.79 Å². The minimum atomic E-state index is 0.0818. The molecule has 0 bridgehead atoms. The third kappa shape index (κ3) is 8.19. The van der Waals surface area contributed by atoms with Gasteiger partial charge >= 0.3 is 0 Å². The van der Waals surface area contributed by atoms with Crippen molar-refractivity contribution in [3.8, 4) is 0 Å². The van der Waals surface area contributed by atoms with E-state index in [0.29, 0.717) is 13.0 Å². The van der Waals surface area contributed by atoms with E-state index in [0.717, 1.165) is 19.3 Å². The fraction of sp³-hybridized carbons (Fsp3) is 0.929. The Morgan fingerprint density at radius 1 is 1.24 bits per heavy atom. The van der Waals surface area contributed by atoms with Crippen LogP contribution >= 0.6 is 0 Å². The second-order valence-electron chi connectivity index (χ2n) is 5.87. The van der Waals surface area contributed by atoms with Gasteiger partial charge in [-0.15, -0.1) is 0 Å². The van der Waals surface area contributed by atoms with E-state index in [9.17, 15) is 4.79 Å². The van der Waals surface area contributed by atoms with Crippen LogP contribution in [0.2, 0.25) is 0 Å². The van der Waals surface area contributed by atoms with E-state index >= 15 is 0 Å². The number of hydrogen-bond donors (Lipinski definition) is 2. The number of carbonyl (C=O) groups excluding carboxylic acids is 1. The molecule has 3 nitrogen and oxygen atoms in total. The number of rotatable bonds is 8. The molecule has 0 aliphatic heterocycles. The van der Waals surface area contributed by atoms with Crippen molar-refractivity contribution in [3.63, 3.8) is 0 Å². The van der Waals surface area contributed by atoms with Crippen molar-refractivity contribution in [1.82, 2.24) is 5.32 Å². The lowest BCUT2D eigenvalue weighted by Gasteiger charge is -2.31. The first-order valence-corrected chi connectivity index (χ1v) is 6.91. The van der Waals surface area contributed by atoms with E-state index in [1.807, 2.05) is 0 Å². The average Bonchev–Trinajstić information content (AvgIpc) is 2.22. The maximum absolute atomic E-state index is 11.8. The zero-order chi connectivity index (χ0) is 13.3. The Labute approximate surface area is 107 Å². The number of carbonyl (C=O) groups is 1. The van der Waals surface area contributed by atoms with Gasteiger partial charge in [-0.1, -0.05) is 47.0 Å². The smallest absolute Gasteiger partial charge is 0.220 e. The predicted octanol–water partition coefficient (Wildman–Crippen LogP) is 2.84. The molecule has 0 radical (unpaired) electrons. The Balaban J connectivity index is 3.96. The molecular formula is C14H30N2O. The van der Waals surface area contributed by atoms with Crippen molar-refractivity contribution in [1.29, 1.82) is 0 Å². The average molecular weight is 242 g/mol. The number of unbranched alkanes of at least 4 members (excludes halogenated alkanes) is 3. The lowest BCUT2D eigenvalue weighted by atomic mass is 9.84. The Hall–Kier alpha value is -0.570.